The average molecular weight is 497 g/mol. The molecule has 0 aliphatic carbocycles. The van der Waals surface area contributed by atoms with E-state index in [1.807, 2.05) is 20.1 Å². The Bertz CT molecular complexity index is 833. The quantitative estimate of drug-likeness (QED) is 0.218. The molecule has 0 bridgehead atoms. The second-order valence-electron chi connectivity index (χ2n) is 8.58. The Morgan fingerprint density at radius 1 is 0.941 bits per heavy atom. The molecule has 190 valence electrons. The second-order valence-corrected chi connectivity index (χ2v) is 9.56. The topological polar surface area (TPSA) is 171 Å². The molecule has 0 heterocycles. The molecule has 10 nitrogen and oxygen atoms in total. The van der Waals surface area contributed by atoms with Crippen molar-refractivity contribution in [3.8, 4) is 5.75 Å². The molecule has 0 fully saturated rings. The fourth-order valence-corrected chi connectivity index (χ4v) is 3.59. The van der Waals surface area contributed by atoms with Gasteiger partial charge in [-0.1, -0.05) is 26.0 Å². The fourth-order valence-electron chi connectivity index (χ4n) is 3.10. The lowest BCUT2D eigenvalue weighted by atomic mass is 10.0. The van der Waals surface area contributed by atoms with Gasteiger partial charge in [0.2, 0.25) is 17.7 Å². The van der Waals surface area contributed by atoms with Gasteiger partial charge >= 0.3 is 5.97 Å². The molecule has 4 unspecified atom stereocenters. The first-order chi connectivity index (χ1) is 15.9. The Hall–Kier alpha value is -2.79. The van der Waals surface area contributed by atoms with Gasteiger partial charge in [-0.15, -0.1) is 0 Å². The average Bonchev–Trinajstić information content (AvgIpc) is 2.77. The summed E-state index contributed by atoms with van der Waals surface area (Å²) in [6.07, 6.45) is 2.64. The van der Waals surface area contributed by atoms with Crippen LogP contribution in [0.25, 0.3) is 0 Å². The number of nitrogens with one attached hydrogen (secondary N) is 3. The molecule has 0 aliphatic heterocycles. The van der Waals surface area contributed by atoms with Gasteiger partial charge in [-0.3, -0.25) is 14.4 Å². The summed E-state index contributed by atoms with van der Waals surface area (Å²) in [4.78, 5) is 49.6. The van der Waals surface area contributed by atoms with Gasteiger partial charge in [0.05, 0.1) is 6.04 Å². The number of carboxylic acids is 1. The first-order valence-electron chi connectivity index (χ1n) is 11.1. The standard InChI is InChI=1S/C23H36N4O6S/c1-13(2)11-19(23(32)33)27-22(31)18(12-15-5-7-16(28)8-6-15)26-20(29)14(3)25-21(30)17(24)9-10-34-4/h5-8,13-14,17-19,28H,9-12,24H2,1-4H3,(H,25,30)(H,26,29)(H,27,31)(H,32,33). The van der Waals surface area contributed by atoms with Crippen molar-refractivity contribution in [3.63, 3.8) is 0 Å². The normalized spacial score (nSPS) is 14.5. The van der Waals surface area contributed by atoms with Gasteiger partial charge in [0.1, 0.15) is 23.9 Å². The molecular weight excluding hydrogens is 460 g/mol. The third kappa shape index (κ3) is 10.4. The summed E-state index contributed by atoms with van der Waals surface area (Å²) >= 11 is 1.55. The van der Waals surface area contributed by atoms with Gasteiger partial charge in [0.25, 0.3) is 0 Å². The summed E-state index contributed by atoms with van der Waals surface area (Å²) in [6.45, 7) is 5.15. The van der Waals surface area contributed by atoms with Crippen LogP contribution in [0.4, 0.5) is 0 Å². The van der Waals surface area contributed by atoms with Crippen molar-refractivity contribution in [1.29, 1.82) is 0 Å². The van der Waals surface area contributed by atoms with Crippen molar-refractivity contribution >= 4 is 35.5 Å². The van der Waals surface area contributed by atoms with Crippen LogP contribution < -0.4 is 21.7 Å². The summed E-state index contributed by atoms with van der Waals surface area (Å²) in [7, 11) is 0. The highest BCUT2D eigenvalue weighted by atomic mass is 32.2. The Morgan fingerprint density at radius 2 is 1.53 bits per heavy atom. The first-order valence-corrected chi connectivity index (χ1v) is 12.5. The van der Waals surface area contributed by atoms with E-state index in [1.165, 1.54) is 19.1 Å². The molecule has 0 aliphatic rings. The number of hydrogen-bond donors (Lipinski definition) is 6. The number of carboxylic acid groups (broad SMARTS) is 1. The SMILES string of the molecule is CSCCC(N)C(=O)NC(C)C(=O)NC(Cc1ccc(O)cc1)C(=O)NC(CC(C)C)C(=O)O. The highest BCUT2D eigenvalue weighted by Crippen LogP contribution is 2.12. The summed E-state index contributed by atoms with van der Waals surface area (Å²) in [5.41, 5.74) is 6.48. The van der Waals surface area contributed by atoms with Crippen LogP contribution in [0.3, 0.4) is 0 Å². The van der Waals surface area contributed by atoms with Gasteiger partial charge in [-0.05, 0) is 55.4 Å². The molecule has 0 radical (unpaired) electrons. The number of aromatic hydroxyl groups is 1. The molecule has 11 heteroatoms. The molecule has 0 saturated carbocycles. The number of thioether (sulfide) groups is 1. The zero-order chi connectivity index (χ0) is 25.8. The van der Waals surface area contributed by atoms with Gasteiger partial charge in [-0.2, -0.15) is 11.8 Å². The molecule has 34 heavy (non-hydrogen) atoms. The van der Waals surface area contributed by atoms with Crippen LogP contribution in [0.15, 0.2) is 24.3 Å². The zero-order valence-electron chi connectivity index (χ0n) is 20.0. The Kier molecular flexibility index (Phi) is 12.4. The number of aliphatic carboxylic acids is 1. The molecule has 0 spiro atoms. The van der Waals surface area contributed by atoms with Gasteiger partial charge in [0.15, 0.2) is 0 Å². The van der Waals surface area contributed by atoms with Crippen LogP contribution in [0, 0.1) is 5.92 Å². The highest BCUT2D eigenvalue weighted by Gasteiger charge is 2.29. The lowest BCUT2D eigenvalue weighted by molar-refractivity contribution is -0.142. The molecule has 1 rings (SSSR count). The minimum Gasteiger partial charge on any atom is -0.508 e. The number of benzene rings is 1. The maximum atomic E-state index is 13.0. The third-order valence-corrected chi connectivity index (χ3v) is 5.70. The summed E-state index contributed by atoms with van der Waals surface area (Å²) < 4.78 is 0. The monoisotopic (exact) mass is 496 g/mol. The Morgan fingerprint density at radius 3 is 2.06 bits per heavy atom. The van der Waals surface area contributed by atoms with Crippen molar-refractivity contribution in [1.82, 2.24) is 16.0 Å². The second kappa shape index (κ2) is 14.5. The lowest BCUT2D eigenvalue weighted by Crippen LogP contribution is -2.57. The number of hydrogen-bond acceptors (Lipinski definition) is 7. The largest absolute Gasteiger partial charge is 0.508 e. The molecule has 4 atom stereocenters. The van der Waals surface area contributed by atoms with E-state index in [0.29, 0.717) is 17.7 Å². The first kappa shape index (κ1) is 29.2. The van der Waals surface area contributed by atoms with Gasteiger partial charge in [-0.25, -0.2) is 4.79 Å². The van der Waals surface area contributed by atoms with E-state index in [1.54, 1.807) is 23.9 Å². The summed E-state index contributed by atoms with van der Waals surface area (Å²) in [5.74, 6) is -2.14. The minimum atomic E-state index is -1.17. The van der Waals surface area contributed by atoms with Crippen LogP contribution >= 0.6 is 11.8 Å². The zero-order valence-corrected chi connectivity index (χ0v) is 20.9. The van der Waals surface area contributed by atoms with E-state index in [2.05, 4.69) is 16.0 Å². The number of nitrogens with two attached hydrogens (primary N) is 1. The van der Waals surface area contributed by atoms with Crippen molar-refractivity contribution in [2.45, 2.75) is 64.2 Å². The molecular formula is C23H36N4O6S. The van der Waals surface area contributed by atoms with Crippen LogP contribution in [0.5, 0.6) is 5.75 Å². The lowest BCUT2D eigenvalue weighted by Gasteiger charge is -2.24. The maximum absolute atomic E-state index is 13.0. The van der Waals surface area contributed by atoms with Crippen LogP contribution in [-0.4, -0.2) is 70.1 Å². The molecule has 7 N–H and O–H groups in total. The van der Waals surface area contributed by atoms with Crippen molar-refractivity contribution in [2.75, 3.05) is 12.0 Å². The minimum absolute atomic E-state index is 0.0251. The van der Waals surface area contributed by atoms with Crippen LogP contribution in [0.1, 0.15) is 39.2 Å². The molecule has 0 aromatic heterocycles. The van der Waals surface area contributed by atoms with E-state index < -0.39 is 47.9 Å². The van der Waals surface area contributed by atoms with Gasteiger partial charge < -0.3 is 31.9 Å². The third-order valence-electron chi connectivity index (χ3n) is 5.05. The number of phenols is 1. The predicted octanol–water partition coefficient (Wildman–Crippen LogP) is 0.620. The Labute approximate surface area is 204 Å². The molecule has 1 aromatic carbocycles. The van der Waals surface area contributed by atoms with Crippen molar-refractivity contribution < 1.29 is 29.4 Å². The van der Waals surface area contributed by atoms with Crippen LogP contribution in [0.2, 0.25) is 0 Å². The highest BCUT2D eigenvalue weighted by molar-refractivity contribution is 7.98. The van der Waals surface area contributed by atoms with Gasteiger partial charge in [0, 0.05) is 6.42 Å². The number of rotatable bonds is 14. The Balaban J connectivity index is 2.95. The number of phenolic OH excluding ortho intramolecular Hbond substituents is 1. The van der Waals surface area contributed by atoms with E-state index >= 15 is 0 Å². The molecule has 1 aromatic rings. The van der Waals surface area contributed by atoms with E-state index in [4.69, 9.17) is 5.73 Å². The predicted molar refractivity (Wildman–Crippen MR) is 131 cm³/mol. The molecule has 3 amide bonds. The van der Waals surface area contributed by atoms with E-state index in [0.717, 1.165) is 0 Å². The number of amides is 3. The van der Waals surface area contributed by atoms with Crippen molar-refractivity contribution in [2.24, 2.45) is 11.7 Å². The maximum Gasteiger partial charge on any atom is 0.326 e. The van der Waals surface area contributed by atoms with E-state index in [-0.39, 0.29) is 24.5 Å². The van der Waals surface area contributed by atoms with E-state index in [9.17, 15) is 29.4 Å². The number of carbonyl (C=O) groups is 4. The van der Waals surface area contributed by atoms with Crippen molar-refractivity contribution in [3.05, 3.63) is 29.8 Å². The molecule has 0 saturated heterocycles. The number of carbonyl (C=O) groups excluding carboxylic acids is 3. The fraction of sp³-hybridized carbons (Fsp3) is 0.565. The summed E-state index contributed by atoms with van der Waals surface area (Å²) in [5, 5.41) is 26.6. The van der Waals surface area contributed by atoms with Crippen LogP contribution in [-0.2, 0) is 25.6 Å². The smallest absolute Gasteiger partial charge is 0.326 e. The summed E-state index contributed by atoms with van der Waals surface area (Å²) in [6, 6.07) is 2.16.